The molecule has 0 bridgehead atoms. The van der Waals surface area contributed by atoms with E-state index in [0.29, 0.717) is 11.6 Å². The summed E-state index contributed by atoms with van der Waals surface area (Å²) in [6, 6.07) is 14.1. The molecule has 1 aromatic heterocycles. The molecule has 0 spiro atoms. The molecule has 216 valence electrons. The van der Waals surface area contributed by atoms with Crippen molar-refractivity contribution in [3.05, 3.63) is 90.3 Å². The molecule has 0 saturated heterocycles. The van der Waals surface area contributed by atoms with E-state index >= 15 is 0 Å². The van der Waals surface area contributed by atoms with E-state index in [2.05, 4.69) is 46.9 Å². The van der Waals surface area contributed by atoms with Crippen molar-refractivity contribution in [2.24, 2.45) is 5.10 Å². The van der Waals surface area contributed by atoms with E-state index in [1.165, 1.54) is 0 Å². The molecule has 3 atom stereocenters. The van der Waals surface area contributed by atoms with Crippen LogP contribution in [0.5, 0.6) is 0 Å². The Bertz CT molecular complexity index is 1620. The number of halogens is 2. The maximum Gasteiger partial charge on any atom is 0.342 e. The van der Waals surface area contributed by atoms with E-state index in [4.69, 9.17) is 5.10 Å². The van der Waals surface area contributed by atoms with Crippen molar-refractivity contribution < 1.29 is 49.0 Å². The number of aliphatic hydroxyl groups is 1. The van der Waals surface area contributed by atoms with Gasteiger partial charge in [0.1, 0.15) is 18.6 Å². The van der Waals surface area contributed by atoms with Gasteiger partial charge in [0.2, 0.25) is 5.72 Å². The first-order chi connectivity index (χ1) is 19.5. The van der Waals surface area contributed by atoms with Gasteiger partial charge in [0.15, 0.2) is 11.9 Å². The minimum absolute atomic E-state index is 0. The van der Waals surface area contributed by atoms with E-state index < -0.39 is 17.9 Å². The number of aryl methyl sites for hydroxylation is 1. The zero-order valence-electron chi connectivity index (χ0n) is 23.6. The largest absolute Gasteiger partial charge is 0.481 e. The summed E-state index contributed by atoms with van der Waals surface area (Å²) in [5.41, 5.74) is 3.68. The van der Waals surface area contributed by atoms with Crippen LogP contribution >= 0.6 is 11.8 Å². The van der Waals surface area contributed by atoms with E-state index in [9.17, 15) is 13.9 Å². The molecule has 1 aliphatic carbocycles. The van der Waals surface area contributed by atoms with E-state index in [1.54, 1.807) is 47.9 Å². The van der Waals surface area contributed by atoms with Crippen LogP contribution in [0.1, 0.15) is 49.9 Å². The Morgan fingerprint density at radius 2 is 1.98 bits per heavy atom. The monoisotopic (exact) mass is 756 g/mol. The molecule has 2 aromatic carbocycles. The van der Waals surface area contributed by atoms with Crippen LogP contribution in [0.3, 0.4) is 0 Å². The second kappa shape index (κ2) is 11.7. The summed E-state index contributed by atoms with van der Waals surface area (Å²) in [6.07, 6.45) is 8.80. The van der Waals surface area contributed by atoms with Crippen molar-refractivity contribution in [3.8, 4) is 11.4 Å². The number of benzene rings is 2. The number of thioether (sulfide) groups is 1. The SMILES string of the molecule is Cc1ccc2c(c1)[N+]1=C(SCC1(C)O)N(/N=C/c1ccc(-c3ncn(C4=CCC(C)(O[C-](F)F)C=C4)n3)cc1)C2C.[Hf]. The summed E-state index contributed by atoms with van der Waals surface area (Å²) >= 11 is 1.60. The van der Waals surface area contributed by atoms with Gasteiger partial charge in [-0.25, -0.2) is 9.67 Å². The Labute approximate surface area is 266 Å². The summed E-state index contributed by atoms with van der Waals surface area (Å²) in [6.45, 7) is 5.57. The summed E-state index contributed by atoms with van der Waals surface area (Å²) in [5.74, 6) is 1.10. The Morgan fingerprint density at radius 3 is 2.67 bits per heavy atom. The maximum absolute atomic E-state index is 12.6. The number of hydrazone groups is 1. The van der Waals surface area contributed by atoms with Crippen molar-refractivity contribution in [2.75, 3.05) is 5.75 Å². The second-order valence-corrected chi connectivity index (χ2v) is 11.8. The molecule has 2 aliphatic heterocycles. The molecule has 3 unspecified atom stereocenters. The van der Waals surface area contributed by atoms with Crippen LogP contribution in [0.25, 0.3) is 17.1 Å². The number of ether oxygens (including phenoxy) is 1. The first-order valence-corrected chi connectivity index (χ1v) is 14.3. The van der Waals surface area contributed by atoms with E-state index in [1.807, 2.05) is 47.0 Å². The van der Waals surface area contributed by atoms with Gasteiger partial charge in [-0.15, -0.1) is 10.1 Å². The van der Waals surface area contributed by atoms with Crippen LogP contribution in [-0.2, 0) is 30.6 Å². The van der Waals surface area contributed by atoms with E-state index in [-0.39, 0.29) is 38.3 Å². The second-order valence-electron chi connectivity index (χ2n) is 10.9. The molecule has 0 saturated carbocycles. The zero-order chi connectivity index (χ0) is 28.9. The molecule has 0 radical (unpaired) electrons. The van der Waals surface area contributed by atoms with Gasteiger partial charge in [-0.2, -0.15) is 4.58 Å². The summed E-state index contributed by atoms with van der Waals surface area (Å²) < 4.78 is 33.4. The van der Waals surface area contributed by atoms with Crippen LogP contribution in [0, 0.1) is 13.5 Å². The molecule has 8 nitrogen and oxygen atoms in total. The van der Waals surface area contributed by atoms with Crippen LogP contribution in [-0.4, -0.2) is 57.9 Å². The molecule has 0 fully saturated rings. The third-order valence-corrected chi connectivity index (χ3v) is 8.80. The fourth-order valence-corrected chi connectivity index (χ4v) is 6.50. The topological polar surface area (TPSA) is 78.8 Å². The first kappa shape index (κ1) is 30.7. The molecule has 3 aliphatic rings. The average Bonchev–Trinajstić information content (AvgIpc) is 3.53. The molecule has 42 heavy (non-hydrogen) atoms. The quantitative estimate of drug-likeness (QED) is 0.142. The third kappa shape index (κ3) is 5.86. The predicted octanol–water partition coefficient (Wildman–Crippen LogP) is 6.08. The van der Waals surface area contributed by atoms with Crippen molar-refractivity contribution >= 4 is 34.5 Å². The van der Waals surface area contributed by atoms with Gasteiger partial charge in [0.05, 0.1) is 23.3 Å². The van der Waals surface area contributed by atoms with Gasteiger partial charge in [0.25, 0.3) is 0 Å². The van der Waals surface area contributed by atoms with Crippen molar-refractivity contribution in [1.82, 2.24) is 19.8 Å². The van der Waals surface area contributed by atoms with Crippen LogP contribution < -0.4 is 0 Å². The maximum atomic E-state index is 12.6. The number of nitrogens with zero attached hydrogens (tertiary/aromatic N) is 6. The summed E-state index contributed by atoms with van der Waals surface area (Å²) in [4.78, 5) is 4.43. The Balaban J connectivity index is 0.00000353. The molecule has 3 heterocycles. The Hall–Kier alpha value is -2.80. The zero-order valence-corrected chi connectivity index (χ0v) is 28.0. The molecular formula is C30H30F2HfN6O2S. The Kier molecular flexibility index (Phi) is 8.54. The normalized spacial score (nSPS) is 25.1. The number of rotatable bonds is 6. The minimum atomic E-state index is -2.05. The van der Waals surface area contributed by atoms with Crippen LogP contribution in [0.2, 0.25) is 0 Å². The van der Waals surface area contributed by atoms with Crippen molar-refractivity contribution in [1.29, 1.82) is 0 Å². The van der Waals surface area contributed by atoms with Crippen molar-refractivity contribution in [3.63, 3.8) is 0 Å². The first-order valence-electron chi connectivity index (χ1n) is 13.3. The molecule has 1 N–H and O–H groups in total. The number of fused-ring (bicyclic) bond motifs is 2. The number of hydrogen-bond acceptors (Lipinski definition) is 7. The van der Waals surface area contributed by atoms with Gasteiger partial charge in [-0.05, 0) is 62.2 Å². The van der Waals surface area contributed by atoms with Crippen LogP contribution in [0.15, 0.2) is 72.1 Å². The van der Waals surface area contributed by atoms with Crippen LogP contribution in [0.4, 0.5) is 14.5 Å². The third-order valence-electron chi connectivity index (χ3n) is 7.48. The van der Waals surface area contributed by atoms with Gasteiger partial charge in [-0.3, -0.25) is 0 Å². The molecule has 3 aromatic rings. The molecule has 12 heteroatoms. The van der Waals surface area contributed by atoms with Gasteiger partial charge in [-0.1, -0.05) is 53.7 Å². The standard InChI is InChI=1S/C30H30F2N6O2S.Hf/c1-19-5-10-24-20(2)38(28-37(25(24)15-19)30(4,39)17-41-28)34-16-21-6-8-22(9-7-21)26-33-18-36(35-26)23-11-13-29(3,14-12-23)40-27(31)32;/h5-13,15-16,18,20,39H,14,17H2,1-4H3;/b34-16+;. The molecule has 0 amide bonds. The number of hydrogen-bond donors (Lipinski definition) is 1. The number of aromatic nitrogens is 3. The van der Waals surface area contributed by atoms with Gasteiger partial charge >= 0.3 is 5.17 Å². The minimum Gasteiger partial charge on any atom is -0.481 e. The Morgan fingerprint density at radius 1 is 1.21 bits per heavy atom. The van der Waals surface area contributed by atoms with Gasteiger partial charge in [0, 0.05) is 43.9 Å². The predicted molar refractivity (Wildman–Crippen MR) is 155 cm³/mol. The van der Waals surface area contributed by atoms with Crippen molar-refractivity contribution in [2.45, 2.75) is 51.5 Å². The molecular weight excluding hydrogens is 725 g/mol. The van der Waals surface area contributed by atoms with E-state index in [0.717, 1.165) is 38.8 Å². The fourth-order valence-electron chi connectivity index (χ4n) is 5.21. The number of allylic oxidation sites excluding steroid dienone is 2. The number of amidine groups is 1. The van der Waals surface area contributed by atoms with Gasteiger partial charge < -0.3 is 18.6 Å². The summed E-state index contributed by atoms with van der Waals surface area (Å²) in [7, 11) is 0. The fraction of sp³-hybridized carbons (Fsp3) is 0.300. The smallest absolute Gasteiger partial charge is 0.342 e. The summed E-state index contributed by atoms with van der Waals surface area (Å²) in [5, 5.41) is 23.4. The average molecular weight is 755 g/mol. The molecule has 6 rings (SSSR count).